The lowest BCUT2D eigenvalue weighted by molar-refractivity contribution is 0.0905. The maximum Gasteiger partial charge on any atom is 0.188 e. The van der Waals surface area contributed by atoms with E-state index in [1.54, 1.807) is 0 Å². The molecule has 0 bridgehead atoms. The van der Waals surface area contributed by atoms with Gasteiger partial charge in [0.25, 0.3) is 0 Å². The summed E-state index contributed by atoms with van der Waals surface area (Å²) >= 11 is 0. The molecular formula is C17H30OSi2. The van der Waals surface area contributed by atoms with Crippen LogP contribution >= 0.6 is 0 Å². The summed E-state index contributed by atoms with van der Waals surface area (Å²) in [6.45, 7) is 20.5. The third-order valence-electron chi connectivity index (χ3n) is 4.66. The van der Waals surface area contributed by atoms with Crippen LogP contribution in [0.15, 0.2) is 50.6 Å². The predicted octanol–water partition coefficient (Wildman–Crippen LogP) is 5.40. The highest BCUT2D eigenvalue weighted by atomic mass is 29.3. The van der Waals surface area contributed by atoms with E-state index in [2.05, 4.69) is 64.5 Å². The molecule has 0 atom stereocenters. The fraction of sp³-hybridized carbons (Fsp3) is 0.529. The van der Waals surface area contributed by atoms with Crippen LogP contribution in [0.5, 0.6) is 0 Å². The second kappa shape index (κ2) is 6.88. The maximum atomic E-state index is 6.83. The third kappa shape index (κ3) is 3.33. The lowest BCUT2D eigenvalue weighted by atomic mass is 10.1. The smallest absolute Gasteiger partial charge is 0.188 e. The van der Waals surface area contributed by atoms with E-state index in [-0.39, 0.29) is 5.60 Å². The summed E-state index contributed by atoms with van der Waals surface area (Å²) in [6.07, 6.45) is 9.54. The SMILES string of the molecule is C=CC[Si]1(CC=C)CCC(C)(C)O[Si]1(CC=C)CC=C. The zero-order valence-electron chi connectivity index (χ0n) is 13.3. The van der Waals surface area contributed by atoms with E-state index >= 15 is 0 Å². The van der Waals surface area contributed by atoms with Gasteiger partial charge in [-0.1, -0.05) is 30.3 Å². The topological polar surface area (TPSA) is 9.23 Å². The third-order valence-corrected chi connectivity index (χ3v) is 22.1. The van der Waals surface area contributed by atoms with Gasteiger partial charge in [0.2, 0.25) is 0 Å². The van der Waals surface area contributed by atoms with Crippen molar-refractivity contribution in [3.05, 3.63) is 50.6 Å². The molecule has 0 aromatic heterocycles. The van der Waals surface area contributed by atoms with E-state index < -0.39 is 15.4 Å². The van der Waals surface area contributed by atoms with Crippen LogP contribution in [0.25, 0.3) is 0 Å². The fourth-order valence-electron chi connectivity index (χ4n) is 3.73. The molecule has 0 radical (unpaired) electrons. The average molecular weight is 307 g/mol. The van der Waals surface area contributed by atoms with Crippen LogP contribution in [0.2, 0.25) is 30.2 Å². The molecule has 1 saturated heterocycles. The summed E-state index contributed by atoms with van der Waals surface area (Å²) in [4.78, 5) is 0. The van der Waals surface area contributed by atoms with Crippen LogP contribution < -0.4 is 0 Å². The van der Waals surface area contributed by atoms with Crippen LogP contribution in [-0.4, -0.2) is 21.0 Å². The Hall–Kier alpha value is -0.646. The van der Waals surface area contributed by atoms with Crippen molar-refractivity contribution >= 4 is 15.4 Å². The van der Waals surface area contributed by atoms with E-state index in [0.29, 0.717) is 0 Å². The Morgan fingerprint density at radius 1 is 0.900 bits per heavy atom. The Morgan fingerprint density at radius 2 is 1.35 bits per heavy atom. The number of allylic oxidation sites excluding steroid dienone is 4. The zero-order chi connectivity index (χ0) is 15.3. The van der Waals surface area contributed by atoms with Crippen LogP contribution in [0.1, 0.15) is 20.3 Å². The van der Waals surface area contributed by atoms with Gasteiger partial charge in [0, 0.05) is 0 Å². The van der Waals surface area contributed by atoms with E-state index in [1.165, 1.54) is 6.04 Å². The average Bonchev–Trinajstić information content (AvgIpc) is 2.35. The minimum absolute atomic E-state index is 0.00289. The summed E-state index contributed by atoms with van der Waals surface area (Å²) in [5.74, 6) is 0. The molecule has 1 aliphatic rings. The van der Waals surface area contributed by atoms with E-state index in [4.69, 9.17) is 4.43 Å². The number of rotatable bonds is 8. The molecule has 0 aliphatic carbocycles. The van der Waals surface area contributed by atoms with E-state index in [0.717, 1.165) is 30.6 Å². The lowest BCUT2D eigenvalue weighted by Crippen LogP contribution is -2.69. The largest absolute Gasteiger partial charge is 0.414 e. The highest BCUT2D eigenvalue weighted by Gasteiger charge is 2.58. The second-order valence-corrected chi connectivity index (χ2v) is 19.4. The molecule has 1 nitrogen and oxygen atoms in total. The Balaban J connectivity index is 3.33. The summed E-state index contributed by atoms with van der Waals surface area (Å²) in [7, 11) is -3.43. The van der Waals surface area contributed by atoms with Gasteiger partial charge in [0.05, 0.1) is 13.2 Å². The molecule has 0 unspecified atom stereocenters. The van der Waals surface area contributed by atoms with Gasteiger partial charge >= 0.3 is 0 Å². The first-order chi connectivity index (χ1) is 9.41. The Bertz CT molecular complexity index is 364. The molecule has 1 fully saturated rings. The first-order valence-corrected chi connectivity index (χ1v) is 13.5. The van der Waals surface area contributed by atoms with Crippen molar-refractivity contribution in [3.8, 4) is 0 Å². The first kappa shape index (κ1) is 17.4. The van der Waals surface area contributed by atoms with Crippen molar-refractivity contribution in [3.63, 3.8) is 0 Å². The standard InChI is InChI=1S/C17H30OSi2/c1-7-12-19(13-8-2)16-11-17(5,6)18-20(19,14-9-3)15-10-4/h7-10H,1-4,11-16H2,5-6H3. The van der Waals surface area contributed by atoms with Gasteiger partial charge in [-0.2, -0.15) is 0 Å². The quantitative estimate of drug-likeness (QED) is 0.431. The molecule has 112 valence electrons. The van der Waals surface area contributed by atoms with Gasteiger partial charge in [-0.25, -0.2) is 0 Å². The van der Waals surface area contributed by atoms with Gasteiger partial charge in [0.15, 0.2) is 7.83 Å². The van der Waals surface area contributed by atoms with Gasteiger partial charge in [-0.3, -0.25) is 0 Å². The van der Waals surface area contributed by atoms with Crippen LogP contribution in [0, 0.1) is 0 Å². The monoisotopic (exact) mass is 306 g/mol. The molecule has 0 amide bonds. The molecule has 1 aliphatic heterocycles. The molecular weight excluding hydrogens is 276 g/mol. The van der Waals surface area contributed by atoms with E-state index in [1.807, 2.05) is 0 Å². The molecule has 0 N–H and O–H groups in total. The van der Waals surface area contributed by atoms with Crippen molar-refractivity contribution in [2.24, 2.45) is 0 Å². The Labute approximate surface area is 127 Å². The van der Waals surface area contributed by atoms with Crippen molar-refractivity contribution in [1.82, 2.24) is 0 Å². The molecule has 3 heteroatoms. The van der Waals surface area contributed by atoms with Crippen molar-refractivity contribution in [2.75, 3.05) is 0 Å². The Morgan fingerprint density at radius 3 is 1.75 bits per heavy atom. The predicted molar refractivity (Wildman–Crippen MR) is 96.1 cm³/mol. The van der Waals surface area contributed by atoms with Gasteiger partial charge in [0.1, 0.15) is 0 Å². The van der Waals surface area contributed by atoms with Crippen molar-refractivity contribution in [1.29, 1.82) is 0 Å². The molecule has 0 aromatic rings. The highest BCUT2D eigenvalue weighted by molar-refractivity contribution is 7.40. The van der Waals surface area contributed by atoms with E-state index in [9.17, 15) is 0 Å². The molecule has 1 heterocycles. The molecule has 1 rings (SSSR count). The number of hydrogen-bond acceptors (Lipinski definition) is 1. The van der Waals surface area contributed by atoms with Crippen LogP contribution in [0.4, 0.5) is 0 Å². The van der Waals surface area contributed by atoms with Gasteiger partial charge in [-0.05, 0) is 44.4 Å². The lowest BCUT2D eigenvalue weighted by Gasteiger charge is -2.55. The summed E-state index contributed by atoms with van der Waals surface area (Å²) in [6, 6.07) is 5.69. The normalized spacial score (nSPS) is 22.7. The van der Waals surface area contributed by atoms with Gasteiger partial charge < -0.3 is 4.43 Å². The molecule has 0 saturated carbocycles. The fourth-order valence-corrected chi connectivity index (χ4v) is 21.0. The highest BCUT2D eigenvalue weighted by Crippen LogP contribution is 2.47. The molecule has 0 aromatic carbocycles. The summed E-state index contributed by atoms with van der Waals surface area (Å²) in [5, 5.41) is 0. The van der Waals surface area contributed by atoms with Crippen molar-refractivity contribution in [2.45, 2.75) is 56.1 Å². The zero-order valence-corrected chi connectivity index (χ0v) is 15.3. The minimum atomic E-state index is -1.88. The summed E-state index contributed by atoms with van der Waals surface area (Å²) < 4.78 is 6.83. The first-order valence-electron chi connectivity index (χ1n) is 7.55. The minimum Gasteiger partial charge on any atom is -0.414 e. The maximum absolute atomic E-state index is 6.83. The Kier molecular flexibility index (Phi) is 5.98. The summed E-state index contributed by atoms with van der Waals surface area (Å²) in [5.41, 5.74) is -0.00289. The van der Waals surface area contributed by atoms with Crippen LogP contribution in [0.3, 0.4) is 0 Å². The van der Waals surface area contributed by atoms with Crippen LogP contribution in [-0.2, 0) is 4.43 Å². The molecule has 0 spiro atoms. The van der Waals surface area contributed by atoms with Gasteiger partial charge in [-0.15, -0.1) is 26.3 Å². The second-order valence-electron chi connectivity index (χ2n) is 6.61. The molecule has 20 heavy (non-hydrogen) atoms. The number of hydrogen-bond donors (Lipinski definition) is 0. The van der Waals surface area contributed by atoms with Crippen molar-refractivity contribution < 1.29 is 4.43 Å².